The average molecular weight is 330 g/mol. The first-order valence-electron chi connectivity index (χ1n) is 6.77. The number of rotatable bonds is 4. The molecule has 3 rings (SSSR count). The number of nitrogens with zero attached hydrogens (tertiary/aromatic N) is 2. The van der Waals surface area contributed by atoms with Crippen LogP contribution in [-0.2, 0) is 0 Å². The Labute approximate surface area is 136 Å². The largest absolute Gasteiger partial charge is 0.437 e. The van der Waals surface area contributed by atoms with Crippen molar-refractivity contribution in [2.24, 2.45) is 0 Å². The number of aromatic nitrogens is 1. The zero-order valence-corrected chi connectivity index (χ0v) is 12.9. The molecule has 0 saturated carbocycles. The molecule has 1 aromatic heterocycles. The van der Waals surface area contributed by atoms with Gasteiger partial charge in [0.05, 0.1) is 4.92 Å². The Morgan fingerprint density at radius 2 is 2.09 bits per heavy atom. The molecule has 6 nitrogen and oxygen atoms in total. The fourth-order valence-electron chi connectivity index (χ4n) is 2.17. The van der Waals surface area contributed by atoms with Gasteiger partial charge in [-0.3, -0.25) is 10.1 Å². The zero-order valence-electron chi connectivity index (χ0n) is 12.1. The molecule has 1 heterocycles. The van der Waals surface area contributed by atoms with Crippen molar-refractivity contribution in [2.75, 3.05) is 12.4 Å². The maximum atomic E-state index is 11.1. The molecule has 7 heteroatoms. The maximum absolute atomic E-state index is 11.1. The number of hydrogen-bond donors (Lipinski definition) is 1. The molecule has 0 aliphatic carbocycles. The van der Waals surface area contributed by atoms with E-state index in [2.05, 4.69) is 10.3 Å². The van der Waals surface area contributed by atoms with Crippen LogP contribution in [0.15, 0.2) is 40.8 Å². The summed E-state index contributed by atoms with van der Waals surface area (Å²) in [7, 11) is 1.64. The summed E-state index contributed by atoms with van der Waals surface area (Å²) in [5, 5.41) is 14.4. The molecule has 0 saturated heterocycles. The second-order valence-corrected chi connectivity index (χ2v) is 5.22. The van der Waals surface area contributed by atoms with Crippen LogP contribution in [0, 0.1) is 10.1 Å². The van der Waals surface area contributed by atoms with E-state index in [1.807, 2.05) is 0 Å². The molecule has 0 bridgehead atoms. The Bertz CT molecular complexity index is 918. The van der Waals surface area contributed by atoms with Crippen LogP contribution in [0.4, 0.5) is 11.4 Å². The van der Waals surface area contributed by atoms with Crippen molar-refractivity contribution in [1.82, 2.24) is 4.98 Å². The number of nitrogens with one attached hydrogen (secondary N) is 1. The first-order valence-corrected chi connectivity index (χ1v) is 7.15. The summed E-state index contributed by atoms with van der Waals surface area (Å²) in [4.78, 5) is 14.9. The van der Waals surface area contributed by atoms with Crippen LogP contribution >= 0.6 is 11.6 Å². The van der Waals surface area contributed by atoms with Crippen LogP contribution in [0.3, 0.4) is 0 Å². The number of fused-ring (bicyclic) bond motifs is 1. The fourth-order valence-corrected chi connectivity index (χ4v) is 2.34. The van der Waals surface area contributed by atoms with E-state index in [-0.39, 0.29) is 5.69 Å². The second-order valence-electron chi connectivity index (χ2n) is 4.78. The van der Waals surface area contributed by atoms with Crippen LogP contribution < -0.4 is 5.32 Å². The number of halogens is 1. The molecule has 3 aromatic rings. The summed E-state index contributed by atoms with van der Waals surface area (Å²) >= 11 is 5.91. The quantitative estimate of drug-likeness (QED) is 0.558. The van der Waals surface area contributed by atoms with E-state index >= 15 is 0 Å². The van der Waals surface area contributed by atoms with Crippen molar-refractivity contribution in [3.63, 3.8) is 0 Å². The first-order chi connectivity index (χ1) is 11.1. The summed E-state index contributed by atoms with van der Waals surface area (Å²) < 4.78 is 5.56. The molecule has 0 unspecified atom stereocenters. The maximum Gasteiger partial charge on any atom is 0.292 e. The predicted octanol–water partition coefficient (Wildman–Crippen LogP) is 4.60. The molecule has 0 aliphatic heterocycles. The van der Waals surface area contributed by atoms with E-state index in [0.717, 1.165) is 0 Å². The fraction of sp³-hybridized carbons (Fsp3) is 0.0625. The Hall–Kier alpha value is -2.86. The lowest BCUT2D eigenvalue weighted by Gasteiger charge is -2.02. The van der Waals surface area contributed by atoms with Gasteiger partial charge in [0.1, 0.15) is 11.2 Å². The van der Waals surface area contributed by atoms with Crippen LogP contribution in [0.2, 0.25) is 5.02 Å². The van der Waals surface area contributed by atoms with Gasteiger partial charge >= 0.3 is 0 Å². The van der Waals surface area contributed by atoms with Crippen LogP contribution in [0.5, 0.6) is 0 Å². The smallest absolute Gasteiger partial charge is 0.292 e. The molecule has 2 aromatic carbocycles. The van der Waals surface area contributed by atoms with Crippen molar-refractivity contribution < 1.29 is 9.34 Å². The molecular weight excluding hydrogens is 318 g/mol. The first kappa shape index (κ1) is 15.1. The third-order valence-electron chi connectivity index (χ3n) is 3.27. The minimum atomic E-state index is -0.426. The highest BCUT2D eigenvalue weighted by atomic mass is 35.5. The Kier molecular flexibility index (Phi) is 3.99. The molecular formula is C16H12ClN3O3. The average Bonchev–Trinajstić information content (AvgIpc) is 2.94. The monoisotopic (exact) mass is 329 g/mol. The lowest BCUT2D eigenvalue weighted by Crippen LogP contribution is -1.96. The number of benzene rings is 2. The van der Waals surface area contributed by atoms with E-state index in [1.165, 1.54) is 6.07 Å². The summed E-state index contributed by atoms with van der Waals surface area (Å²) in [6, 6.07) is 10.1. The van der Waals surface area contributed by atoms with Crippen molar-refractivity contribution in [3.8, 4) is 0 Å². The minimum Gasteiger partial charge on any atom is -0.437 e. The molecule has 0 radical (unpaired) electrons. The van der Waals surface area contributed by atoms with Crippen LogP contribution in [-0.4, -0.2) is 17.0 Å². The van der Waals surface area contributed by atoms with Gasteiger partial charge in [-0.15, -0.1) is 0 Å². The highest BCUT2D eigenvalue weighted by Crippen LogP contribution is 2.26. The van der Waals surface area contributed by atoms with Crippen molar-refractivity contribution >= 4 is 46.2 Å². The molecule has 0 atom stereocenters. The Morgan fingerprint density at radius 3 is 2.83 bits per heavy atom. The zero-order chi connectivity index (χ0) is 16.4. The molecule has 0 aliphatic rings. The number of oxazole rings is 1. The van der Waals surface area contributed by atoms with Gasteiger partial charge in [-0.1, -0.05) is 17.7 Å². The van der Waals surface area contributed by atoms with E-state index in [1.54, 1.807) is 49.5 Å². The molecule has 23 heavy (non-hydrogen) atoms. The number of anilines is 1. The number of nitro groups is 1. The Morgan fingerprint density at radius 1 is 1.26 bits per heavy atom. The van der Waals surface area contributed by atoms with Gasteiger partial charge in [-0.2, -0.15) is 0 Å². The molecule has 116 valence electrons. The van der Waals surface area contributed by atoms with Gasteiger partial charge in [-0.05, 0) is 35.9 Å². The molecule has 1 N–H and O–H groups in total. The van der Waals surface area contributed by atoms with Crippen LogP contribution in [0.1, 0.15) is 11.5 Å². The standard InChI is InChI=1S/C16H12ClN3O3/c1-18-12-5-2-10(8-14(12)20(21)22)3-7-16-19-13-9-11(17)4-6-15(13)23-16/h2-9,18H,1H3/b7-3+. The van der Waals surface area contributed by atoms with Gasteiger partial charge in [-0.25, -0.2) is 4.98 Å². The summed E-state index contributed by atoms with van der Waals surface area (Å²) in [6.07, 6.45) is 3.37. The predicted molar refractivity (Wildman–Crippen MR) is 90.6 cm³/mol. The van der Waals surface area contributed by atoms with Gasteiger partial charge in [0.25, 0.3) is 5.69 Å². The summed E-state index contributed by atoms with van der Waals surface area (Å²) in [5.41, 5.74) is 2.44. The lowest BCUT2D eigenvalue weighted by atomic mass is 10.1. The molecule has 0 fully saturated rings. The lowest BCUT2D eigenvalue weighted by molar-refractivity contribution is -0.383. The SMILES string of the molecule is CNc1ccc(/C=C/c2nc3cc(Cl)ccc3o2)cc1[N+](=O)[O-]. The van der Waals surface area contributed by atoms with Crippen molar-refractivity contribution in [2.45, 2.75) is 0 Å². The van der Waals surface area contributed by atoms with Gasteiger partial charge < -0.3 is 9.73 Å². The normalized spacial score (nSPS) is 11.2. The Balaban J connectivity index is 1.92. The highest BCUT2D eigenvalue weighted by molar-refractivity contribution is 6.31. The third-order valence-corrected chi connectivity index (χ3v) is 3.51. The molecule has 0 spiro atoms. The minimum absolute atomic E-state index is 0.0130. The second kappa shape index (κ2) is 6.10. The summed E-state index contributed by atoms with van der Waals surface area (Å²) in [5.74, 6) is 0.405. The third kappa shape index (κ3) is 3.17. The molecule has 0 amide bonds. The topological polar surface area (TPSA) is 81.2 Å². The summed E-state index contributed by atoms with van der Waals surface area (Å²) in [6.45, 7) is 0. The van der Waals surface area contributed by atoms with Crippen molar-refractivity contribution in [3.05, 3.63) is 63.0 Å². The van der Waals surface area contributed by atoms with Gasteiger partial charge in [0.15, 0.2) is 5.58 Å². The van der Waals surface area contributed by atoms with Gasteiger partial charge in [0, 0.05) is 24.2 Å². The van der Waals surface area contributed by atoms with Crippen molar-refractivity contribution in [1.29, 1.82) is 0 Å². The van der Waals surface area contributed by atoms with E-state index < -0.39 is 4.92 Å². The van der Waals surface area contributed by atoms with E-state index in [9.17, 15) is 10.1 Å². The number of hydrogen-bond acceptors (Lipinski definition) is 5. The number of nitro benzene ring substituents is 1. The highest BCUT2D eigenvalue weighted by Gasteiger charge is 2.12. The van der Waals surface area contributed by atoms with Gasteiger partial charge in [0.2, 0.25) is 5.89 Å². The van der Waals surface area contributed by atoms with E-state index in [4.69, 9.17) is 16.0 Å². The van der Waals surface area contributed by atoms with E-state index in [0.29, 0.717) is 33.3 Å². The van der Waals surface area contributed by atoms with Crippen LogP contribution in [0.25, 0.3) is 23.3 Å².